The molecule has 5 heteroatoms. The van der Waals surface area contributed by atoms with Crippen molar-refractivity contribution in [3.63, 3.8) is 0 Å². The minimum atomic E-state index is 0.284. The summed E-state index contributed by atoms with van der Waals surface area (Å²) in [7, 11) is 0. The summed E-state index contributed by atoms with van der Waals surface area (Å²) in [6.45, 7) is 1.22. The van der Waals surface area contributed by atoms with Crippen molar-refractivity contribution in [1.82, 2.24) is 0 Å². The Hall–Kier alpha value is -1.85. The first-order valence-corrected chi connectivity index (χ1v) is 7.91. The van der Waals surface area contributed by atoms with E-state index in [4.69, 9.17) is 19.9 Å². The normalized spacial score (nSPS) is 12.5. The number of ether oxygens (including phenoxy) is 3. The van der Waals surface area contributed by atoms with Gasteiger partial charge in [0.25, 0.3) is 0 Å². The highest BCUT2D eigenvalue weighted by atomic mass is 32.2. The lowest BCUT2D eigenvalue weighted by molar-refractivity contribution is 0.174. The second kappa shape index (κ2) is 6.28. The summed E-state index contributed by atoms with van der Waals surface area (Å²) in [6.07, 6.45) is 2.04. The first-order valence-electron chi connectivity index (χ1n) is 6.69. The van der Waals surface area contributed by atoms with Crippen LogP contribution in [-0.2, 0) is 13.2 Å². The summed E-state index contributed by atoms with van der Waals surface area (Å²) in [4.78, 5) is 1.15. The second-order valence-corrected chi connectivity index (χ2v) is 5.47. The minimum Gasteiger partial charge on any atom is -0.489 e. The van der Waals surface area contributed by atoms with Gasteiger partial charge in [0.1, 0.15) is 12.4 Å². The first-order chi connectivity index (χ1) is 10.3. The van der Waals surface area contributed by atoms with E-state index < -0.39 is 0 Å². The van der Waals surface area contributed by atoms with Crippen molar-refractivity contribution in [3.05, 3.63) is 47.5 Å². The molecule has 0 aromatic heterocycles. The SMILES string of the molecule is CSc1cccc(OCc2ccc3c(c2)OCO3)c1CN. The highest BCUT2D eigenvalue weighted by molar-refractivity contribution is 7.98. The summed E-state index contributed by atoms with van der Waals surface area (Å²) < 4.78 is 16.6. The fourth-order valence-corrected chi connectivity index (χ4v) is 2.91. The maximum Gasteiger partial charge on any atom is 0.231 e. The molecular weight excluding hydrogens is 286 g/mol. The molecule has 0 spiro atoms. The number of fused-ring (bicyclic) bond motifs is 1. The van der Waals surface area contributed by atoms with E-state index in [0.29, 0.717) is 13.2 Å². The van der Waals surface area contributed by atoms with E-state index in [-0.39, 0.29) is 6.79 Å². The maximum atomic E-state index is 5.93. The number of thioether (sulfide) groups is 1. The van der Waals surface area contributed by atoms with E-state index in [2.05, 4.69) is 6.07 Å². The van der Waals surface area contributed by atoms with E-state index in [9.17, 15) is 0 Å². The minimum absolute atomic E-state index is 0.284. The maximum absolute atomic E-state index is 5.93. The van der Waals surface area contributed by atoms with Crippen molar-refractivity contribution in [2.75, 3.05) is 13.0 Å². The van der Waals surface area contributed by atoms with Gasteiger partial charge in [-0.25, -0.2) is 0 Å². The Labute approximate surface area is 128 Å². The van der Waals surface area contributed by atoms with Crippen LogP contribution in [0.5, 0.6) is 17.2 Å². The summed E-state index contributed by atoms with van der Waals surface area (Å²) in [5.41, 5.74) is 7.93. The summed E-state index contributed by atoms with van der Waals surface area (Å²) >= 11 is 1.68. The molecule has 0 amide bonds. The van der Waals surface area contributed by atoms with E-state index in [1.165, 1.54) is 0 Å². The van der Waals surface area contributed by atoms with Crippen molar-refractivity contribution in [2.24, 2.45) is 5.73 Å². The number of hydrogen-bond donors (Lipinski definition) is 1. The largest absolute Gasteiger partial charge is 0.489 e. The Morgan fingerprint density at radius 3 is 2.86 bits per heavy atom. The van der Waals surface area contributed by atoms with Gasteiger partial charge in [-0.15, -0.1) is 11.8 Å². The lowest BCUT2D eigenvalue weighted by atomic mass is 10.2. The van der Waals surface area contributed by atoms with Gasteiger partial charge in [-0.05, 0) is 36.1 Å². The van der Waals surface area contributed by atoms with Crippen molar-refractivity contribution >= 4 is 11.8 Å². The van der Waals surface area contributed by atoms with E-state index in [1.807, 2.05) is 36.6 Å². The number of rotatable bonds is 5. The zero-order valence-corrected chi connectivity index (χ0v) is 12.6. The molecule has 0 bridgehead atoms. The monoisotopic (exact) mass is 303 g/mol. The van der Waals surface area contributed by atoms with Crippen LogP contribution in [0.2, 0.25) is 0 Å². The van der Waals surface area contributed by atoms with Crippen LogP contribution in [-0.4, -0.2) is 13.0 Å². The van der Waals surface area contributed by atoms with E-state index in [0.717, 1.165) is 33.3 Å². The van der Waals surface area contributed by atoms with Crippen LogP contribution in [0.1, 0.15) is 11.1 Å². The molecule has 1 aliphatic rings. The van der Waals surface area contributed by atoms with Gasteiger partial charge in [0.15, 0.2) is 11.5 Å². The van der Waals surface area contributed by atoms with Crippen molar-refractivity contribution in [1.29, 1.82) is 0 Å². The van der Waals surface area contributed by atoms with Crippen LogP contribution in [0.15, 0.2) is 41.3 Å². The van der Waals surface area contributed by atoms with Gasteiger partial charge in [-0.3, -0.25) is 0 Å². The molecule has 0 saturated carbocycles. The molecule has 0 saturated heterocycles. The Kier molecular flexibility index (Phi) is 4.22. The smallest absolute Gasteiger partial charge is 0.231 e. The molecule has 110 valence electrons. The average molecular weight is 303 g/mol. The molecular formula is C16H17NO3S. The molecule has 0 radical (unpaired) electrons. The predicted octanol–water partition coefficient (Wildman–Crippen LogP) is 3.17. The number of benzene rings is 2. The van der Waals surface area contributed by atoms with Crippen LogP contribution in [0.3, 0.4) is 0 Å². The quantitative estimate of drug-likeness (QED) is 0.860. The fraction of sp³-hybridized carbons (Fsp3) is 0.250. The van der Waals surface area contributed by atoms with Gasteiger partial charge in [0.2, 0.25) is 6.79 Å². The topological polar surface area (TPSA) is 53.7 Å². The molecule has 0 atom stereocenters. The van der Waals surface area contributed by atoms with Crippen LogP contribution in [0, 0.1) is 0 Å². The van der Waals surface area contributed by atoms with Crippen LogP contribution < -0.4 is 19.9 Å². The first kappa shape index (κ1) is 14.1. The Morgan fingerprint density at radius 1 is 1.19 bits per heavy atom. The summed E-state index contributed by atoms with van der Waals surface area (Å²) in [5, 5.41) is 0. The molecule has 1 heterocycles. The van der Waals surface area contributed by atoms with Crippen LogP contribution in [0.25, 0.3) is 0 Å². The third-order valence-corrected chi connectivity index (χ3v) is 4.17. The second-order valence-electron chi connectivity index (χ2n) is 4.62. The number of nitrogens with two attached hydrogens (primary N) is 1. The zero-order chi connectivity index (χ0) is 14.7. The zero-order valence-electron chi connectivity index (χ0n) is 11.8. The van der Waals surface area contributed by atoms with Gasteiger partial charge >= 0.3 is 0 Å². The average Bonchev–Trinajstić information content (AvgIpc) is 2.99. The van der Waals surface area contributed by atoms with Crippen LogP contribution >= 0.6 is 11.8 Å². The molecule has 2 aromatic rings. The van der Waals surface area contributed by atoms with Gasteiger partial charge in [-0.2, -0.15) is 0 Å². The van der Waals surface area contributed by atoms with Gasteiger partial charge in [-0.1, -0.05) is 12.1 Å². The molecule has 4 nitrogen and oxygen atoms in total. The van der Waals surface area contributed by atoms with Crippen molar-refractivity contribution < 1.29 is 14.2 Å². The highest BCUT2D eigenvalue weighted by Crippen LogP contribution is 2.33. The third kappa shape index (κ3) is 2.94. The number of hydrogen-bond acceptors (Lipinski definition) is 5. The van der Waals surface area contributed by atoms with Gasteiger partial charge < -0.3 is 19.9 Å². The molecule has 3 rings (SSSR count). The predicted molar refractivity (Wildman–Crippen MR) is 83.0 cm³/mol. The lowest BCUT2D eigenvalue weighted by Crippen LogP contribution is -2.04. The van der Waals surface area contributed by atoms with E-state index in [1.54, 1.807) is 11.8 Å². The molecule has 0 unspecified atom stereocenters. The van der Waals surface area contributed by atoms with Gasteiger partial charge in [0.05, 0.1) is 0 Å². The van der Waals surface area contributed by atoms with Crippen LogP contribution in [0.4, 0.5) is 0 Å². The molecule has 21 heavy (non-hydrogen) atoms. The molecule has 2 N–H and O–H groups in total. The van der Waals surface area contributed by atoms with E-state index >= 15 is 0 Å². The Bertz CT molecular complexity index is 645. The lowest BCUT2D eigenvalue weighted by Gasteiger charge is -2.13. The van der Waals surface area contributed by atoms with Gasteiger partial charge in [0, 0.05) is 17.0 Å². The molecule has 0 fully saturated rings. The van der Waals surface area contributed by atoms with Crippen molar-refractivity contribution in [2.45, 2.75) is 18.0 Å². The molecule has 0 aliphatic carbocycles. The Morgan fingerprint density at radius 2 is 2.05 bits per heavy atom. The van der Waals surface area contributed by atoms with Crippen molar-refractivity contribution in [3.8, 4) is 17.2 Å². The molecule has 2 aromatic carbocycles. The summed E-state index contributed by atoms with van der Waals surface area (Å²) in [6, 6.07) is 11.8. The highest BCUT2D eigenvalue weighted by Gasteiger charge is 2.14. The summed E-state index contributed by atoms with van der Waals surface area (Å²) in [5.74, 6) is 2.39. The standard InChI is InChI=1S/C16H17NO3S/c1-21-16-4-2-3-13(12(16)8-17)18-9-11-5-6-14-15(7-11)20-10-19-14/h2-7H,8-10,17H2,1H3. The molecule has 1 aliphatic heterocycles. The fourth-order valence-electron chi connectivity index (χ4n) is 2.26. The Balaban J connectivity index is 1.76. The third-order valence-electron chi connectivity index (χ3n) is 3.35.